The third-order valence-corrected chi connectivity index (χ3v) is 3.99. The molecule has 0 spiro atoms. The Hall–Kier alpha value is -2.63. The first-order chi connectivity index (χ1) is 12.2. The minimum Gasteiger partial charge on any atom is -0.497 e. The van der Waals surface area contributed by atoms with Crippen molar-refractivity contribution in [1.29, 1.82) is 0 Å². The summed E-state index contributed by atoms with van der Waals surface area (Å²) in [6, 6.07) is 15.4. The number of aliphatic hydroxyl groups excluding tert-OH is 1. The van der Waals surface area contributed by atoms with E-state index in [9.17, 15) is 5.11 Å². The second kappa shape index (κ2) is 7.96. The molecule has 0 saturated carbocycles. The van der Waals surface area contributed by atoms with Crippen LogP contribution in [0.1, 0.15) is 22.9 Å². The van der Waals surface area contributed by atoms with E-state index in [0.29, 0.717) is 19.0 Å². The van der Waals surface area contributed by atoms with Crippen LogP contribution in [-0.4, -0.2) is 23.7 Å². The SMILES string of the molecule is COc1ccc(C(O)CNCc2coc(-c3ccc(C)cc3)n2)cc1. The lowest BCUT2D eigenvalue weighted by molar-refractivity contribution is 0.174. The Morgan fingerprint density at radius 3 is 2.52 bits per heavy atom. The fraction of sp³-hybridized carbons (Fsp3) is 0.250. The molecule has 0 aliphatic heterocycles. The van der Waals surface area contributed by atoms with Gasteiger partial charge in [-0.1, -0.05) is 29.8 Å². The Kier molecular flexibility index (Phi) is 5.48. The van der Waals surface area contributed by atoms with Crippen molar-refractivity contribution >= 4 is 0 Å². The van der Waals surface area contributed by atoms with E-state index in [4.69, 9.17) is 9.15 Å². The predicted molar refractivity (Wildman–Crippen MR) is 96.3 cm³/mol. The Labute approximate surface area is 147 Å². The molecule has 3 aromatic rings. The van der Waals surface area contributed by atoms with Crippen LogP contribution >= 0.6 is 0 Å². The number of oxazole rings is 1. The lowest BCUT2D eigenvalue weighted by Crippen LogP contribution is -2.21. The highest BCUT2D eigenvalue weighted by Crippen LogP contribution is 2.20. The summed E-state index contributed by atoms with van der Waals surface area (Å²) in [4.78, 5) is 4.48. The monoisotopic (exact) mass is 338 g/mol. The van der Waals surface area contributed by atoms with Crippen LogP contribution in [0.25, 0.3) is 11.5 Å². The van der Waals surface area contributed by atoms with Crippen molar-refractivity contribution in [3.8, 4) is 17.2 Å². The number of benzene rings is 2. The highest BCUT2D eigenvalue weighted by atomic mass is 16.5. The van der Waals surface area contributed by atoms with Gasteiger partial charge in [-0.3, -0.25) is 0 Å². The highest BCUT2D eigenvalue weighted by Gasteiger charge is 2.09. The molecule has 5 heteroatoms. The minimum atomic E-state index is -0.589. The molecule has 130 valence electrons. The molecule has 5 nitrogen and oxygen atoms in total. The molecule has 25 heavy (non-hydrogen) atoms. The first-order valence-electron chi connectivity index (χ1n) is 8.20. The van der Waals surface area contributed by atoms with Gasteiger partial charge in [0, 0.05) is 18.7 Å². The quantitative estimate of drug-likeness (QED) is 0.690. The molecule has 1 atom stereocenters. The molecule has 1 heterocycles. The first kappa shape index (κ1) is 17.2. The van der Waals surface area contributed by atoms with Crippen LogP contribution in [0, 0.1) is 6.92 Å². The van der Waals surface area contributed by atoms with Gasteiger partial charge in [0.1, 0.15) is 12.0 Å². The van der Waals surface area contributed by atoms with Crippen LogP contribution < -0.4 is 10.1 Å². The zero-order chi connectivity index (χ0) is 17.6. The Morgan fingerprint density at radius 1 is 1.12 bits per heavy atom. The summed E-state index contributed by atoms with van der Waals surface area (Å²) < 4.78 is 10.6. The number of nitrogens with zero attached hydrogens (tertiary/aromatic N) is 1. The van der Waals surface area contributed by atoms with Gasteiger partial charge in [0.05, 0.1) is 18.9 Å². The van der Waals surface area contributed by atoms with Gasteiger partial charge >= 0.3 is 0 Å². The zero-order valence-corrected chi connectivity index (χ0v) is 14.4. The number of aliphatic hydroxyl groups is 1. The van der Waals surface area contributed by atoms with Gasteiger partial charge in [-0.05, 0) is 36.8 Å². The normalized spacial score (nSPS) is 12.1. The number of hydrogen-bond donors (Lipinski definition) is 2. The summed E-state index contributed by atoms with van der Waals surface area (Å²) >= 11 is 0. The van der Waals surface area contributed by atoms with Gasteiger partial charge in [0.25, 0.3) is 0 Å². The molecule has 1 aromatic heterocycles. The maximum atomic E-state index is 10.2. The minimum absolute atomic E-state index is 0.430. The predicted octanol–water partition coefficient (Wildman–Crippen LogP) is 3.48. The number of methoxy groups -OCH3 is 1. The molecular formula is C20H22N2O3. The van der Waals surface area contributed by atoms with Gasteiger partial charge in [0.15, 0.2) is 0 Å². The smallest absolute Gasteiger partial charge is 0.226 e. The van der Waals surface area contributed by atoms with E-state index in [1.165, 1.54) is 5.56 Å². The van der Waals surface area contributed by atoms with E-state index in [0.717, 1.165) is 22.6 Å². The number of ether oxygens (including phenoxy) is 1. The van der Waals surface area contributed by atoms with E-state index in [2.05, 4.69) is 10.3 Å². The number of hydrogen-bond acceptors (Lipinski definition) is 5. The molecule has 0 saturated heterocycles. The highest BCUT2D eigenvalue weighted by molar-refractivity contribution is 5.53. The van der Waals surface area contributed by atoms with Gasteiger partial charge in [-0.2, -0.15) is 0 Å². The van der Waals surface area contributed by atoms with Crippen molar-refractivity contribution in [1.82, 2.24) is 10.3 Å². The third kappa shape index (κ3) is 4.47. The number of nitrogens with one attached hydrogen (secondary N) is 1. The van der Waals surface area contributed by atoms with Crippen LogP contribution in [-0.2, 0) is 6.54 Å². The number of aromatic nitrogens is 1. The van der Waals surface area contributed by atoms with Crippen LogP contribution in [0.15, 0.2) is 59.2 Å². The summed E-state index contributed by atoms with van der Waals surface area (Å²) in [7, 11) is 1.62. The lowest BCUT2D eigenvalue weighted by Gasteiger charge is -2.12. The van der Waals surface area contributed by atoms with Gasteiger partial charge in [-0.25, -0.2) is 4.98 Å². The van der Waals surface area contributed by atoms with E-state index < -0.39 is 6.10 Å². The van der Waals surface area contributed by atoms with Crippen molar-refractivity contribution < 1.29 is 14.3 Å². The van der Waals surface area contributed by atoms with Crippen molar-refractivity contribution in [3.63, 3.8) is 0 Å². The van der Waals surface area contributed by atoms with Crippen molar-refractivity contribution in [3.05, 3.63) is 71.6 Å². The van der Waals surface area contributed by atoms with Crippen molar-refractivity contribution in [2.75, 3.05) is 13.7 Å². The summed E-state index contributed by atoms with van der Waals surface area (Å²) in [5.41, 5.74) is 3.80. The average Bonchev–Trinajstić information content (AvgIpc) is 3.11. The van der Waals surface area contributed by atoms with Crippen LogP contribution in [0.5, 0.6) is 5.75 Å². The number of aryl methyl sites for hydroxylation is 1. The molecule has 0 bridgehead atoms. The Bertz CT molecular complexity index is 795. The third-order valence-electron chi connectivity index (χ3n) is 3.99. The summed E-state index contributed by atoms with van der Waals surface area (Å²) in [6.45, 7) is 3.00. The van der Waals surface area contributed by atoms with Gasteiger partial charge < -0.3 is 19.6 Å². The van der Waals surface area contributed by atoms with E-state index in [1.807, 2.05) is 55.5 Å². The van der Waals surface area contributed by atoms with Crippen LogP contribution in [0.3, 0.4) is 0 Å². The van der Waals surface area contributed by atoms with Crippen molar-refractivity contribution in [2.45, 2.75) is 19.6 Å². The Morgan fingerprint density at radius 2 is 1.84 bits per heavy atom. The second-order valence-electron chi connectivity index (χ2n) is 5.93. The summed E-state index contributed by atoms with van der Waals surface area (Å²) in [5.74, 6) is 1.38. The molecule has 0 aliphatic rings. The molecule has 0 radical (unpaired) electrons. The van der Waals surface area contributed by atoms with Crippen LogP contribution in [0.4, 0.5) is 0 Å². The molecule has 0 fully saturated rings. The second-order valence-corrected chi connectivity index (χ2v) is 5.93. The fourth-order valence-corrected chi connectivity index (χ4v) is 2.50. The average molecular weight is 338 g/mol. The zero-order valence-electron chi connectivity index (χ0n) is 14.4. The number of rotatable bonds is 7. The van der Waals surface area contributed by atoms with Crippen LogP contribution in [0.2, 0.25) is 0 Å². The van der Waals surface area contributed by atoms with Gasteiger partial charge in [-0.15, -0.1) is 0 Å². The van der Waals surface area contributed by atoms with Gasteiger partial charge in [0.2, 0.25) is 5.89 Å². The molecule has 0 amide bonds. The standard InChI is InChI=1S/C20H22N2O3/c1-14-3-5-16(6-4-14)20-22-17(13-25-20)11-21-12-19(23)15-7-9-18(24-2)10-8-15/h3-10,13,19,21,23H,11-12H2,1-2H3. The van der Waals surface area contributed by atoms with E-state index >= 15 is 0 Å². The largest absolute Gasteiger partial charge is 0.497 e. The summed E-state index contributed by atoms with van der Waals surface area (Å²) in [6.07, 6.45) is 1.05. The topological polar surface area (TPSA) is 67.5 Å². The lowest BCUT2D eigenvalue weighted by atomic mass is 10.1. The Balaban J connectivity index is 1.52. The molecular weight excluding hydrogens is 316 g/mol. The molecule has 3 rings (SSSR count). The molecule has 2 aromatic carbocycles. The van der Waals surface area contributed by atoms with Crippen molar-refractivity contribution in [2.24, 2.45) is 0 Å². The maximum absolute atomic E-state index is 10.2. The van der Waals surface area contributed by atoms with E-state index in [-0.39, 0.29) is 0 Å². The first-order valence-corrected chi connectivity index (χ1v) is 8.20. The maximum Gasteiger partial charge on any atom is 0.226 e. The fourth-order valence-electron chi connectivity index (χ4n) is 2.50. The van der Waals surface area contributed by atoms with E-state index in [1.54, 1.807) is 13.4 Å². The summed E-state index contributed by atoms with van der Waals surface area (Å²) in [5, 5.41) is 13.4. The molecule has 2 N–H and O–H groups in total. The molecule has 1 unspecified atom stereocenters. The molecule has 0 aliphatic carbocycles.